The van der Waals surface area contributed by atoms with Gasteiger partial charge in [-0.1, -0.05) is 11.8 Å². The molecule has 0 saturated carbocycles. The van der Waals surface area contributed by atoms with E-state index in [-0.39, 0.29) is 63.7 Å². The predicted octanol–water partition coefficient (Wildman–Crippen LogP) is 6.37. The number of alkyl halides is 2. The number of anilines is 4. The Balaban J connectivity index is 0.000000200. The Morgan fingerprint density at radius 2 is 1.25 bits per heavy atom. The number of aromatic nitrogens is 3. The highest BCUT2D eigenvalue weighted by Gasteiger charge is 2.38. The van der Waals surface area contributed by atoms with Crippen LogP contribution < -0.4 is 25.3 Å². The van der Waals surface area contributed by atoms with Crippen LogP contribution in [-0.2, 0) is 25.6 Å². The van der Waals surface area contributed by atoms with Crippen LogP contribution in [0.3, 0.4) is 0 Å². The molecule has 59 heavy (non-hydrogen) atoms. The molecule has 0 bridgehead atoms. The highest BCUT2D eigenvalue weighted by Crippen LogP contribution is 2.37. The molecule has 0 aliphatic carbocycles. The van der Waals surface area contributed by atoms with Crippen molar-refractivity contribution in [1.82, 2.24) is 15.0 Å². The Morgan fingerprint density at radius 3 is 1.61 bits per heavy atom. The number of rotatable bonds is 8. The third-order valence-electron chi connectivity index (χ3n) is 8.89. The fraction of sp³-hybridized carbons (Fsp3) is 0.351. The van der Waals surface area contributed by atoms with Crippen LogP contribution in [0, 0.1) is 41.8 Å². The monoisotopic (exact) mass is 872 g/mol. The van der Waals surface area contributed by atoms with Crippen molar-refractivity contribution < 1.29 is 55.0 Å². The summed E-state index contributed by atoms with van der Waals surface area (Å²) in [6.45, 7) is 7.05. The molecule has 4 aliphatic rings. The molecular formula is C37H36Cl2F6N8O6. The van der Waals surface area contributed by atoms with Gasteiger partial charge in [0.25, 0.3) is 0 Å². The number of ketones is 2. The van der Waals surface area contributed by atoms with Gasteiger partial charge in [-0.3, -0.25) is 19.4 Å². The van der Waals surface area contributed by atoms with E-state index in [9.17, 15) is 45.5 Å². The zero-order chi connectivity index (χ0) is 43.3. The summed E-state index contributed by atoms with van der Waals surface area (Å²) >= 11 is 10.6. The third kappa shape index (κ3) is 10.4. The Hall–Kier alpha value is -5.60. The van der Waals surface area contributed by atoms with Gasteiger partial charge < -0.3 is 25.0 Å². The maximum Gasteiger partial charge on any atom is 0.414 e. The Kier molecular flexibility index (Phi) is 14.3. The Morgan fingerprint density at radius 1 is 0.814 bits per heavy atom. The Bertz CT molecular complexity index is 2210. The topological polar surface area (TPSA) is 156 Å². The van der Waals surface area contributed by atoms with Crippen molar-refractivity contribution in [3.63, 3.8) is 0 Å². The second-order valence-electron chi connectivity index (χ2n) is 13.4. The molecule has 22 heteroatoms. The third-order valence-corrected chi connectivity index (χ3v) is 9.64. The molecule has 2 aromatic carbocycles. The van der Waals surface area contributed by atoms with E-state index in [0.717, 1.165) is 43.4 Å². The highest BCUT2D eigenvalue weighted by atomic mass is 35.5. The molecule has 4 aliphatic heterocycles. The van der Waals surface area contributed by atoms with Crippen molar-refractivity contribution in [3.05, 3.63) is 95.6 Å². The molecule has 2 N–H and O–H groups in total. The van der Waals surface area contributed by atoms with Gasteiger partial charge in [0.05, 0.1) is 36.7 Å². The van der Waals surface area contributed by atoms with Crippen LogP contribution >= 0.6 is 23.2 Å². The van der Waals surface area contributed by atoms with Crippen molar-refractivity contribution in [1.29, 1.82) is 0 Å². The minimum atomic E-state index is -1.44. The van der Waals surface area contributed by atoms with Crippen LogP contribution in [-0.4, -0.2) is 88.5 Å². The summed E-state index contributed by atoms with van der Waals surface area (Å²) in [4.78, 5) is 49.8. The molecule has 0 radical (unpaired) electrons. The molecule has 2 fully saturated rings. The molecule has 2 amide bonds. The van der Waals surface area contributed by atoms with Gasteiger partial charge in [0.2, 0.25) is 0 Å². The average molecular weight is 874 g/mol. The molecule has 0 unspecified atom stereocenters. The summed E-state index contributed by atoms with van der Waals surface area (Å²) in [6.07, 6.45) is 3.30. The van der Waals surface area contributed by atoms with Gasteiger partial charge >= 0.3 is 12.2 Å². The average Bonchev–Trinajstić information content (AvgIpc) is 3.90. The lowest BCUT2D eigenvalue weighted by Gasteiger charge is -2.25. The summed E-state index contributed by atoms with van der Waals surface area (Å²) in [7, 11) is 0. The number of cyclic esters (lactones) is 2. The number of allylic oxidation sites excluding steroid dienone is 3. The van der Waals surface area contributed by atoms with Crippen LogP contribution in [0.4, 0.5) is 58.7 Å². The number of hydrogen-bond acceptors (Lipinski definition) is 11. The van der Waals surface area contributed by atoms with E-state index in [0.29, 0.717) is 5.69 Å². The second-order valence-corrected chi connectivity index (χ2v) is 14.5. The van der Waals surface area contributed by atoms with Crippen molar-refractivity contribution in [2.24, 2.45) is 5.73 Å². The van der Waals surface area contributed by atoms with Crippen LogP contribution in [0.15, 0.2) is 55.0 Å². The number of hydrogen-bond donors (Lipinski definition) is 1. The number of carbonyl (C=O) groups is 4. The second kappa shape index (κ2) is 19.0. The number of nitrogens with two attached hydrogens (primary N) is 1. The zero-order valence-corrected chi connectivity index (χ0v) is 32.8. The molecule has 1 aromatic heterocycles. The first-order chi connectivity index (χ1) is 27.9. The van der Waals surface area contributed by atoms with Crippen LogP contribution in [0.25, 0.3) is 0 Å². The minimum absolute atomic E-state index is 0.0134. The van der Waals surface area contributed by atoms with Gasteiger partial charge in [-0.25, -0.2) is 40.6 Å². The molecule has 316 valence electrons. The largest absolute Gasteiger partial charge is 0.443 e. The first kappa shape index (κ1) is 44.5. The first-order valence-corrected chi connectivity index (χ1v) is 18.5. The van der Waals surface area contributed by atoms with Crippen LogP contribution in [0.2, 0.25) is 0 Å². The lowest BCUT2D eigenvalue weighted by Crippen LogP contribution is -2.30. The number of aryl methyl sites for hydroxylation is 1. The predicted molar refractivity (Wildman–Crippen MR) is 204 cm³/mol. The standard InChI is InChI=1S/C18H16F3N5O3.C15H14F3N3O3.C4H6Cl2/c1-10-7-25(23-22-10)8-12-9-26(18(28)29-12)14-6-13(19)17(16(21)15(14)20)24-4-2-11(27)3-5-24;16-10-5-11(21-7-9(6-19)24-15(21)23)12(17)13(18)14(10)20-3-1-8(22)2-4-20;1-3(2)4(5)6/h2,4,6-7,12H,3,5,8-9H2,1H3;1,3,5,9H,2,4,6-7,19H2;4H,1H2,2H3/t12-;9-;/m00./s1. The first-order valence-electron chi connectivity index (χ1n) is 17.7. The maximum absolute atomic E-state index is 14.7. The normalized spacial score (nSPS) is 18.8. The van der Waals surface area contributed by atoms with Gasteiger partial charge in [-0.05, 0) is 31.6 Å². The highest BCUT2D eigenvalue weighted by molar-refractivity contribution is 6.46. The van der Waals surface area contributed by atoms with E-state index in [4.69, 9.17) is 38.4 Å². The van der Waals surface area contributed by atoms with Crippen LogP contribution in [0.5, 0.6) is 0 Å². The SMILES string of the molecule is C=C(C)C(Cl)Cl.Cc1cn(C[C@H]2CN(c3cc(F)c(N4C=CC(=O)CC4)c(F)c3F)C(=O)O2)nn1.NC[C@H]1CN(c2cc(F)c(N3C=CC(=O)CC3)c(F)c2F)C(=O)O1. The van der Waals surface area contributed by atoms with E-state index < -0.39 is 86.9 Å². The number of carbonyl (C=O) groups excluding carboxylic acids is 4. The van der Waals surface area contributed by atoms with Crippen LogP contribution in [0.1, 0.15) is 25.5 Å². The maximum atomic E-state index is 14.7. The van der Waals surface area contributed by atoms with Crippen molar-refractivity contribution >= 4 is 69.7 Å². The number of ether oxygens (including phenoxy) is 2. The fourth-order valence-electron chi connectivity index (χ4n) is 5.91. The lowest BCUT2D eigenvalue weighted by molar-refractivity contribution is -0.115. The number of halogens is 8. The van der Waals surface area contributed by atoms with Crippen molar-refractivity contribution in [2.45, 2.75) is 50.3 Å². The molecule has 3 aromatic rings. The smallest absolute Gasteiger partial charge is 0.414 e. The van der Waals surface area contributed by atoms with Gasteiger partial charge in [0.15, 0.2) is 46.5 Å². The van der Waals surface area contributed by atoms with E-state index in [1.165, 1.54) is 23.2 Å². The fourth-order valence-corrected chi connectivity index (χ4v) is 5.91. The van der Waals surface area contributed by atoms with E-state index in [1.807, 2.05) is 0 Å². The summed E-state index contributed by atoms with van der Waals surface area (Å²) in [5.41, 5.74) is 4.52. The summed E-state index contributed by atoms with van der Waals surface area (Å²) in [6, 6.07) is 1.49. The summed E-state index contributed by atoms with van der Waals surface area (Å²) in [5, 5.41) is 7.66. The molecule has 0 spiro atoms. The molecule has 2 atom stereocenters. The molecular weight excluding hydrogens is 837 g/mol. The number of nitrogens with zero attached hydrogens (tertiary/aromatic N) is 7. The van der Waals surface area contributed by atoms with Crippen molar-refractivity contribution in [3.8, 4) is 0 Å². The van der Waals surface area contributed by atoms with E-state index in [1.54, 1.807) is 20.0 Å². The minimum Gasteiger partial charge on any atom is -0.443 e. The summed E-state index contributed by atoms with van der Waals surface area (Å²) in [5.74, 6) is -8.10. The lowest BCUT2D eigenvalue weighted by atomic mass is 10.1. The van der Waals surface area contributed by atoms with Crippen molar-refractivity contribution in [2.75, 3.05) is 52.3 Å². The molecule has 2 saturated heterocycles. The van der Waals surface area contributed by atoms with E-state index in [2.05, 4.69) is 16.9 Å². The molecule has 14 nitrogen and oxygen atoms in total. The van der Waals surface area contributed by atoms with Gasteiger partial charge in [-0.2, -0.15) is 0 Å². The van der Waals surface area contributed by atoms with Gasteiger partial charge in [-0.15, -0.1) is 28.3 Å². The van der Waals surface area contributed by atoms with Gasteiger partial charge in [0.1, 0.15) is 28.4 Å². The quantitative estimate of drug-likeness (QED) is 0.116. The zero-order valence-electron chi connectivity index (χ0n) is 31.3. The summed E-state index contributed by atoms with van der Waals surface area (Å²) < 4.78 is 98.6. The molecule has 7 rings (SSSR count). The van der Waals surface area contributed by atoms with E-state index >= 15 is 0 Å². The molecule has 5 heterocycles. The number of amides is 2. The number of benzene rings is 2. The van der Waals surface area contributed by atoms with Gasteiger partial charge in [0, 0.05) is 63.2 Å². The Labute approximate surface area is 343 Å².